The Morgan fingerprint density at radius 3 is 1.09 bits per heavy atom. The molecule has 3 aromatic carbocycles. The van der Waals surface area contributed by atoms with Gasteiger partial charge in [0.25, 0.3) is 0 Å². The molecule has 34 heavy (non-hydrogen) atoms. The second-order valence-electron chi connectivity index (χ2n) is 8.27. The molecule has 0 atom stereocenters. The van der Waals surface area contributed by atoms with E-state index in [1.807, 2.05) is 0 Å². The molecule has 3 heterocycles. The second kappa shape index (κ2) is 8.37. The lowest BCUT2D eigenvalue weighted by Crippen LogP contribution is -2.36. The average Bonchev–Trinajstić information content (AvgIpc) is 3.55. The van der Waals surface area contributed by atoms with Crippen LogP contribution in [0.2, 0.25) is 0 Å². The number of benzene rings is 3. The Labute approximate surface area is 199 Å². The molecule has 0 saturated carbocycles. The van der Waals surface area contributed by atoms with Crippen molar-refractivity contribution >= 4 is 57.7 Å². The first-order valence-corrected chi connectivity index (χ1v) is 13.2. The van der Waals surface area contributed by atoms with E-state index < -0.39 is 7.92 Å². The number of rotatable bonds is 6. The van der Waals surface area contributed by atoms with Crippen molar-refractivity contribution < 1.29 is 0 Å². The van der Waals surface area contributed by atoms with Crippen LogP contribution < -0.4 is 16.7 Å². The summed E-state index contributed by atoms with van der Waals surface area (Å²) in [6.07, 6.45) is 0. The first-order chi connectivity index (χ1) is 16.7. The van der Waals surface area contributed by atoms with Crippen LogP contribution in [0.25, 0.3) is 33.1 Å². The van der Waals surface area contributed by atoms with Gasteiger partial charge in [-0.1, -0.05) is 36.4 Å². The molecular formula is C27H27N6P. The van der Waals surface area contributed by atoms with E-state index >= 15 is 0 Å². The minimum Gasteiger partial charge on any atom is -0.324 e. The number of aromatic nitrogens is 6. The Hall–Kier alpha value is -3.50. The minimum absolute atomic E-state index is 0.841. The zero-order valence-corrected chi connectivity index (χ0v) is 20.6. The van der Waals surface area contributed by atoms with Crippen LogP contribution in [0.5, 0.6) is 0 Å². The monoisotopic (exact) mass is 466 g/mol. The van der Waals surface area contributed by atoms with Gasteiger partial charge in [-0.2, -0.15) is 0 Å². The molecule has 0 amide bonds. The zero-order chi connectivity index (χ0) is 23.2. The van der Waals surface area contributed by atoms with Gasteiger partial charge in [0.05, 0.1) is 33.1 Å². The van der Waals surface area contributed by atoms with Gasteiger partial charge in [0.1, 0.15) is 24.6 Å². The number of para-hydroxylation sites is 6. The molecule has 0 unspecified atom stereocenters. The van der Waals surface area contributed by atoms with E-state index in [-0.39, 0.29) is 0 Å². The number of fused-ring (bicyclic) bond motifs is 3. The number of imidazole rings is 3. The molecule has 7 heteroatoms. The Morgan fingerprint density at radius 1 is 0.500 bits per heavy atom. The molecule has 0 N–H and O–H groups in total. The van der Waals surface area contributed by atoms with Crippen molar-refractivity contribution in [3.8, 4) is 0 Å². The van der Waals surface area contributed by atoms with Crippen LogP contribution in [0.15, 0.2) is 72.8 Å². The standard InChI is InChI=1S/C27H27N6P/c1-4-31-22-16-10-7-13-19(22)28-25(31)34(26-29-20-14-8-11-17-23(20)32(26)5-2)27-30-21-15-9-12-18-24(21)33(27)6-3/h7-18H,4-6H2,1-3H3. The van der Waals surface area contributed by atoms with Crippen LogP contribution in [0.4, 0.5) is 0 Å². The molecule has 0 fully saturated rings. The van der Waals surface area contributed by atoms with Gasteiger partial charge in [0.15, 0.2) is 0 Å². The molecule has 6 aromatic rings. The van der Waals surface area contributed by atoms with Gasteiger partial charge < -0.3 is 13.7 Å². The molecule has 0 aliphatic heterocycles. The predicted octanol–water partition coefficient (Wildman–Crippen LogP) is 4.55. The van der Waals surface area contributed by atoms with Crippen LogP contribution in [0.1, 0.15) is 20.8 Å². The lowest BCUT2D eigenvalue weighted by Gasteiger charge is -2.20. The van der Waals surface area contributed by atoms with Crippen molar-refractivity contribution in [1.82, 2.24) is 28.7 Å². The normalized spacial score (nSPS) is 12.0. The number of hydrogen-bond donors (Lipinski definition) is 0. The van der Waals surface area contributed by atoms with E-state index in [0.717, 1.165) is 69.4 Å². The quantitative estimate of drug-likeness (QED) is 0.339. The van der Waals surface area contributed by atoms with Gasteiger partial charge in [-0.3, -0.25) is 0 Å². The highest BCUT2D eigenvalue weighted by Gasteiger charge is 2.32. The summed E-state index contributed by atoms with van der Waals surface area (Å²) >= 11 is 0. The Bertz CT molecular complexity index is 1440. The molecule has 0 aliphatic rings. The van der Waals surface area contributed by atoms with Crippen molar-refractivity contribution in [2.75, 3.05) is 0 Å². The maximum absolute atomic E-state index is 5.21. The molecular weight excluding hydrogens is 439 g/mol. The van der Waals surface area contributed by atoms with Gasteiger partial charge in [0.2, 0.25) is 0 Å². The third-order valence-corrected chi connectivity index (χ3v) is 8.68. The minimum atomic E-state index is -1.11. The highest BCUT2D eigenvalue weighted by atomic mass is 31.1. The Morgan fingerprint density at radius 2 is 0.794 bits per heavy atom. The molecule has 0 radical (unpaired) electrons. The highest BCUT2D eigenvalue weighted by Crippen LogP contribution is 2.35. The van der Waals surface area contributed by atoms with Crippen LogP contribution >= 0.6 is 7.92 Å². The number of hydrogen-bond acceptors (Lipinski definition) is 3. The van der Waals surface area contributed by atoms with E-state index in [9.17, 15) is 0 Å². The van der Waals surface area contributed by atoms with Gasteiger partial charge in [0, 0.05) is 19.6 Å². The van der Waals surface area contributed by atoms with Crippen LogP contribution in [0, 0.1) is 0 Å². The van der Waals surface area contributed by atoms with E-state index in [1.165, 1.54) is 0 Å². The fourth-order valence-corrected chi connectivity index (χ4v) is 7.54. The average molecular weight is 467 g/mol. The molecule has 6 nitrogen and oxygen atoms in total. The van der Waals surface area contributed by atoms with Crippen molar-refractivity contribution in [3.05, 3.63) is 72.8 Å². The zero-order valence-electron chi connectivity index (χ0n) is 19.7. The highest BCUT2D eigenvalue weighted by molar-refractivity contribution is 7.78. The lowest BCUT2D eigenvalue weighted by atomic mass is 10.3. The van der Waals surface area contributed by atoms with Crippen molar-refractivity contribution in [3.63, 3.8) is 0 Å². The predicted molar refractivity (Wildman–Crippen MR) is 142 cm³/mol. The first-order valence-electron chi connectivity index (χ1n) is 11.9. The third kappa shape index (κ3) is 3.09. The van der Waals surface area contributed by atoms with Crippen LogP contribution in [-0.4, -0.2) is 28.7 Å². The molecule has 170 valence electrons. The molecule has 0 saturated heterocycles. The largest absolute Gasteiger partial charge is 0.324 e. The molecule has 0 spiro atoms. The van der Waals surface area contributed by atoms with Gasteiger partial charge in [-0.25, -0.2) is 15.0 Å². The van der Waals surface area contributed by atoms with Crippen LogP contribution in [-0.2, 0) is 19.6 Å². The van der Waals surface area contributed by atoms with Crippen LogP contribution in [0.3, 0.4) is 0 Å². The number of aryl methyl sites for hydroxylation is 3. The summed E-state index contributed by atoms with van der Waals surface area (Å²) in [5.74, 6) is 0. The fraction of sp³-hybridized carbons (Fsp3) is 0.222. The maximum atomic E-state index is 5.21. The smallest absolute Gasteiger partial charge is 0.148 e. The molecule has 0 bridgehead atoms. The van der Waals surface area contributed by atoms with E-state index in [4.69, 9.17) is 15.0 Å². The summed E-state index contributed by atoms with van der Waals surface area (Å²) in [7, 11) is -1.11. The summed E-state index contributed by atoms with van der Waals surface area (Å²) < 4.78 is 7.04. The Kier molecular flexibility index (Phi) is 5.19. The van der Waals surface area contributed by atoms with Crippen molar-refractivity contribution in [1.29, 1.82) is 0 Å². The summed E-state index contributed by atoms with van der Waals surface area (Å²) in [6, 6.07) is 25.2. The van der Waals surface area contributed by atoms with Crippen molar-refractivity contribution in [2.24, 2.45) is 0 Å². The topological polar surface area (TPSA) is 53.5 Å². The first kappa shape index (κ1) is 21.1. The van der Waals surface area contributed by atoms with E-state index in [0.29, 0.717) is 0 Å². The molecule has 0 aliphatic carbocycles. The fourth-order valence-electron chi connectivity index (χ4n) is 4.90. The summed E-state index contributed by atoms with van der Waals surface area (Å²) in [6.45, 7) is 9.10. The summed E-state index contributed by atoms with van der Waals surface area (Å²) in [5, 5.41) is 0. The molecule has 6 rings (SSSR count). The summed E-state index contributed by atoms with van der Waals surface area (Å²) in [4.78, 5) is 15.6. The van der Waals surface area contributed by atoms with Crippen molar-refractivity contribution in [2.45, 2.75) is 40.4 Å². The third-order valence-electron chi connectivity index (χ3n) is 6.45. The van der Waals surface area contributed by atoms with E-state index in [2.05, 4.69) is 107 Å². The second-order valence-corrected chi connectivity index (χ2v) is 10.1. The Balaban J connectivity index is 1.73. The maximum Gasteiger partial charge on any atom is 0.148 e. The van der Waals surface area contributed by atoms with Gasteiger partial charge in [-0.15, -0.1) is 0 Å². The SMILES string of the molecule is CCn1c(P(c2nc3ccccc3n2CC)c2nc3ccccc3n2CC)nc2ccccc21. The lowest BCUT2D eigenvalue weighted by molar-refractivity contribution is 0.799. The van der Waals surface area contributed by atoms with Gasteiger partial charge in [-0.05, 0) is 57.2 Å². The van der Waals surface area contributed by atoms with Gasteiger partial charge >= 0.3 is 0 Å². The van der Waals surface area contributed by atoms with E-state index in [1.54, 1.807) is 0 Å². The molecule has 3 aromatic heterocycles. The summed E-state index contributed by atoms with van der Waals surface area (Å²) in [5.41, 5.74) is 9.68. The number of nitrogens with zero attached hydrogens (tertiary/aromatic N) is 6.